The highest BCUT2D eigenvalue weighted by Gasteiger charge is 2.41. The molecule has 7 heteroatoms. The van der Waals surface area contributed by atoms with Crippen molar-refractivity contribution in [2.45, 2.75) is 26.3 Å². The van der Waals surface area contributed by atoms with Gasteiger partial charge in [-0.1, -0.05) is 73.1 Å². The number of benzene rings is 4. The number of nitrogens with one attached hydrogen (secondary N) is 1. The third-order valence-electron chi connectivity index (χ3n) is 7.45. The van der Waals surface area contributed by atoms with E-state index in [9.17, 15) is 0 Å². The van der Waals surface area contributed by atoms with Gasteiger partial charge < -0.3 is 10.2 Å². The molecule has 0 saturated heterocycles. The third kappa shape index (κ3) is 4.08. The lowest BCUT2D eigenvalue weighted by Gasteiger charge is -2.40. The standard InChI is InChI=1S/C33H27ClN6/c1-3-22-13-19-25(20-14-22)35-31-33-37-32-29(21(2)38-40(32)26-9-5-4-6-10-26)30(23-15-17-24(34)18-16-23)39(33)28-12-8-7-11-27(28)36-31/h4-20,30H,3H2,1-2H3,(H,35,36)/t30-/m0/s1. The van der Waals surface area contributed by atoms with Crippen LogP contribution >= 0.6 is 11.6 Å². The van der Waals surface area contributed by atoms with E-state index in [0.29, 0.717) is 10.9 Å². The fourth-order valence-electron chi connectivity index (χ4n) is 5.47. The summed E-state index contributed by atoms with van der Waals surface area (Å²) in [5.74, 6) is 2.22. The molecule has 0 unspecified atom stereocenters. The molecule has 0 spiro atoms. The number of hydrogen-bond donors (Lipinski definition) is 1. The van der Waals surface area contributed by atoms with Crippen molar-refractivity contribution >= 4 is 46.2 Å². The fourth-order valence-corrected chi connectivity index (χ4v) is 5.59. The minimum atomic E-state index is -0.187. The topological polar surface area (TPSA) is 57.8 Å². The van der Waals surface area contributed by atoms with Gasteiger partial charge in [0, 0.05) is 16.3 Å². The van der Waals surface area contributed by atoms with Crippen molar-refractivity contribution in [3.05, 3.63) is 131 Å². The second kappa shape index (κ2) is 9.81. The molecule has 5 aromatic rings. The summed E-state index contributed by atoms with van der Waals surface area (Å²) in [6.07, 6.45) is 0.990. The summed E-state index contributed by atoms with van der Waals surface area (Å²) in [6.45, 7) is 4.21. The normalized spacial score (nSPS) is 15.5. The van der Waals surface area contributed by atoms with Crippen molar-refractivity contribution in [2.24, 2.45) is 9.98 Å². The van der Waals surface area contributed by atoms with Gasteiger partial charge in [0.15, 0.2) is 17.5 Å². The predicted molar refractivity (Wildman–Crippen MR) is 164 cm³/mol. The number of para-hydroxylation sites is 3. The zero-order valence-electron chi connectivity index (χ0n) is 22.2. The van der Waals surface area contributed by atoms with Crippen molar-refractivity contribution in [2.75, 3.05) is 10.2 Å². The summed E-state index contributed by atoms with van der Waals surface area (Å²) in [5.41, 5.74) is 8.14. The Bertz CT molecular complexity index is 1770. The Morgan fingerprint density at radius 3 is 2.30 bits per heavy atom. The summed E-state index contributed by atoms with van der Waals surface area (Å²) in [6, 6.07) is 34.7. The zero-order chi connectivity index (χ0) is 27.2. The fraction of sp³-hybridized carbons (Fsp3) is 0.121. The van der Waals surface area contributed by atoms with Gasteiger partial charge >= 0.3 is 0 Å². The second-order valence-corrected chi connectivity index (χ2v) is 10.4. The number of anilines is 2. The average molecular weight is 543 g/mol. The van der Waals surface area contributed by atoms with Crippen LogP contribution in [0.15, 0.2) is 113 Å². The predicted octanol–water partition coefficient (Wildman–Crippen LogP) is 8.19. The van der Waals surface area contributed by atoms with Gasteiger partial charge in [0.1, 0.15) is 0 Å². The maximum atomic E-state index is 6.34. The number of nitrogens with zero attached hydrogens (tertiary/aromatic N) is 5. The summed E-state index contributed by atoms with van der Waals surface area (Å²) in [4.78, 5) is 12.6. The number of aryl methyl sites for hydroxylation is 2. The van der Waals surface area contributed by atoms with Gasteiger partial charge in [0.05, 0.1) is 28.8 Å². The van der Waals surface area contributed by atoms with Gasteiger partial charge in [0.2, 0.25) is 0 Å². The largest absolute Gasteiger partial charge is 0.337 e. The number of fused-ring (bicyclic) bond motifs is 4. The first-order chi connectivity index (χ1) is 19.6. The molecule has 196 valence electrons. The maximum Gasteiger partial charge on any atom is 0.179 e. The van der Waals surface area contributed by atoms with E-state index >= 15 is 0 Å². The lowest BCUT2D eigenvalue weighted by Crippen LogP contribution is -2.46. The average Bonchev–Trinajstić information content (AvgIpc) is 3.33. The zero-order valence-corrected chi connectivity index (χ0v) is 23.0. The Morgan fingerprint density at radius 2 is 1.55 bits per heavy atom. The first-order valence-corrected chi connectivity index (χ1v) is 13.8. The van der Waals surface area contributed by atoms with Crippen LogP contribution in [-0.2, 0) is 6.42 Å². The van der Waals surface area contributed by atoms with Crippen LogP contribution in [0.5, 0.6) is 0 Å². The number of hydrogen-bond acceptors (Lipinski definition) is 5. The number of aromatic nitrogens is 2. The van der Waals surface area contributed by atoms with Crippen LogP contribution in [-0.4, -0.2) is 21.5 Å². The van der Waals surface area contributed by atoms with Crippen LogP contribution in [0.4, 0.5) is 22.9 Å². The SMILES string of the molecule is CCc1ccc(NC2=Nc3ccccc3N3C2=Nc2c(c(C)nn2-c2ccccc2)[C@@H]3c2ccc(Cl)cc2)cc1. The number of rotatable bonds is 4. The van der Waals surface area contributed by atoms with Gasteiger partial charge in [-0.05, 0) is 73.0 Å². The molecule has 6 nitrogen and oxygen atoms in total. The van der Waals surface area contributed by atoms with Crippen LogP contribution < -0.4 is 10.2 Å². The van der Waals surface area contributed by atoms with Crippen LogP contribution in [0.1, 0.15) is 35.3 Å². The molecule has 1 atom stereocenters. The van der Waals surface area contributed by atoms with Gasteiger partial charge in [-0.25, -0.2) is 14.7 Å². The Balaban J connectivity index is 1.47. The molecule has 40 heavy (non-hydrogen) atoms. The molecule has 0 bridgehead atoms. The van der Waals surface area contributed by atoms with Crippen molar-refractivity contribution in [1.82, 2.24) is 9.78 Å². The second-order valence-electron chi connectivity index (χ2n) is 9.95. The molecular weight excluding hydrogens is 516 g/mol. The number of aliphatic imine (C=N–C) groups is 2. The summed E-state index contributed by atoms with van der Waals surface area (Å²) in [7, 11) is 0. The van der Waals surface area contributed by atoms with Gasteiger partial charge in [-0.2, -0.15) is 5.10 Å². The highest BCUT2D eigenvalue weighted by Crippen LogP contribution is 2.48. The van der Waals surface area contributed by atoms with E-state index in [0.717, 1.165) is 57.6 Å². The molecule has 1 N–H and O–H groups in total. The van der Waals surface area contributed by atoms with Crippen molar-refractivity contribution < 1.29 is 0 Å². The van der Waals surface area contributed by atoms with E-state index < -0.39 is 0 Å². The van der Waals surface area contributed by atoms with Crippen molar-refractivity contribution in [3.8, 4) is 5.69 Å². The monoisotopic (exact) mass is 542 g/mol. The molecule has 2 aliphatic rings. The maximum absolute atomic E-state index is 6.34. The Hall–Kier alpha value is -4.68. The molecule has 1 aromatic heterocycles. The van der Waals surface area contributed by atoms with Gasteiger partial charge in [-0.3, -0.25) is 0 Å². The van der Waals surface area contributed by atoms with Crippen LogP contribution in [0.3, 0.4) is 0 Å². The molecule has 3 heterocycles. The summed E-state index contributed by atoms with van der Waals surface area (Å²) >= 11 is 6.34. The molecule has 0 saturated carbocycles. The highest BCUT2D eigenvalue weighted by molar-refractivity contribution is 6.51. The molecule has 0 aliphatic carbocycles. The molecule has 2 aliphatic heterocycles. The summed E-state index contributed by atoms with van der Waals surface area (Å²) < 4.78 is 1.94. The minimum Gasteiger partial charge on any atom is -0.337 e. The van der Waals surface area contributed by atoms with E-state index in [-0.39, 0.29) is 6.04 Å². The quantitative estimate of drug-likeness (QED) is 0.249. The third-order valence-corrected chi connectivity index (χ3v) is 7.70. The van der Waals surface area contributed by atoms with E-state index in [1.165, 1.54) is 5.56 Å². The number of amidine groups is 2. The number of halogens is 1. The van der Waals surface area contributed by atoms with Crippen LogP contribution in [0, 0.1) is 6.92 Å². The smallest absolute Gasteiger partial charge is 0.179 e. The molecule has 0 fully saturated rings. The van der Waals surface area contributed by atoms with Gasteiger partial charge in [0.25, 0.3) is 0 Å². The molecular formula is C33H27ClN6. The van der Waals surface area contributed by atoms with Crippen LogP contribution in [0.25, 0.3) is 5.69 Å². The van der Waals surface area contributed by atoms with E-state index in [1.807, 2.05) is 53.2 Å². The van der Waals surface area contributed by atoms with E-state index in [1.54, 1.807) is 0 Å². The first kappa shape index (κ1) is 24.4. The lowest BCUT2D eigenvalue weighted by atomic mass is 9.93. The Labute approximate surface area is 238 Å². The van der Waals surface area contributed by atoms with E-state index in [4.69, 9.17) is 26.7 Å². The Kier molecular flexibility index (Phi) is 5.98. The highest BCUT2D eigenvalue weighted by atomic mass is 35.5. The molecule has 7 rings (SSSR count). The summed E-state index contributed by atoms with van der Waals surface area (Å²) in [5, 5.41) is 9.27. The van der Waals surface area contributed by atoms with Crippen molar-refractivity contribution in [3.63, 3.8) is 0 Å². The molecule has 0 amide bonds. The van der Waals surface area contributed by atoms with E-state index in [2.05, 4.69) is 78.7 Å². The van der Waals surface area contributed by atoms with Crippen molar-refractivity contribution in [1.29, 1.82) is 0 Å². The first-order valence-electron chi connectivity index (χ1n) is 13.4. The molecule has 4 aromatic carbocycles. The minimum absolute atomic E-state index is 0.187. The van der Waals surface area contributed by atoms with Crippen LogP contribution in [0.2, 0.25) is 5.02 Å². The van der Waals surface area contributed by atoms with Gasteiger partial charge in [-0.15, -0.1) is 0 Å². The Morgan fingerprint density at radius 1 is 0.825 bits per heavy atom. The molecule has 0 radical (unpaired) electrons. The lowest BCUT2D eigenvalue weighted by molar-refractivity contribution is 0.815.